The van der Waals surface area contributed by atoms with Gasteiger partial charge in [-0.3, -0.25) is 4.79 Å². The van der Waals surface area contributed by atoms with Crippen molar-refractivity contribution in [3.8, 4) is 11.1 Å². The molecule has 0 saturated carbocycles. The number of carbonyl (C=O) groups is 1. The number of carbonyl (C=O) groups excluding carboxylic acids is 1. The van der Waals surface area contributed by atoms with Crippen molar-refractivity contribution < 1.29 is 13.2 Å². The largest absolute Gasteiger partial charge is 0.293 e. The van der Waals surface area contributed by atoms with Crippen LogP contribution in [0.4, 0.5) is 0 Å². The van der Waals surface area contributed by atoms with Gasteiger partial charge in [-0.1, -0.05) is 72.8 Å². The van der Waals surface area contributed by atoms with E-state index in [4.69, 9.17) is 0 Å². The molecule has 3 aromatic carbocycles. The average molecular weight is 351 g/mol. The van der Waals surface area contributed by atoms with Crippen molar-refractivity contribution in [1.82, 2.24) is 4.72 Å². The molecule has 3 aromatic rings. The second-order valence-corrected chi connectivity index (χ2v) is 7.27. The summed E-state index contributed by atoms with van der Waals surface area (Å²) in [6.45, 7) is -0.276. The number of hydrogen-bond donors (Lipinski definition) is 1. The van der Waals surface area contributed by atoms with E-state index in [-0.39, 0.29) is 17.2 Å². The maximum Gasteiger partial charge on any atom is 0.241 e. The summed E-state index contributed by atoms with van der Waals surface area (Å²) >= 11 is 0. The van der Waals surface area contributed by atoms with Gasteiger partial charge in [-0.15, -0.1) is 0 Å². The highest BCUT2D eigenvalue weighted by Gasteiger charge is 2.16. The van der Waals surface area contributed by atoms with Crippen molar-refractivity contribution in [3.63, 3.8) is 0 Å². The molecule has 5 heteroatoms. The highest BCUT2D eigenvalue weighted by molar-refractivity contribution is 7.89. The second kappa shape index (κ2) is 7.42. The lowest BCUT2D eigenvalue weighted by molar-refractivity contribution is 0.0997. The van der Waals surface area contributed by atoms with Gasteiger partial charge < -0.3 is 0 Å². The molecule has 25 heavy (non-hydrogen) atoms. The van der Waals surface area contributed by atoms with Crippen molar-refractivity contribution in [2.75, 3.05) is 6.54 Å². The smallest absolute Gasteiger partial charge is 0.241 e. The standard InChI is InChI=1S/C20H17NO3S/c22-20(17-10-5-2-6-11-17)15-21-25(23,24)19-13-7-12-18(14-19)16-8-3-1-4-9-16/h1-14,21H,15H2. The zero-order chi connectivity index (χ0) is 17.7. The van der Waals surface area contributed by atoms with Crippen molar-refractivity contribution >= 4 is 15.8 Å². The molecule has 0 spiro atoms. The monoisotopic (exact) mass is 351 g/mol. The highest BCUT2D eigenvalue weighted by atomic mass is 32.2. The summed E-state index contributed by atoms with van der Waals surface area (Å²) in [7, 11) is -3.76. The second-order valence-electron chi connectivity index (χ2n) is 5.51. The molecule has 0 saturated heterocycles. The SMILES string of the molecule is O=C(CNS(=O)(=O)c1cccc(-c2ccccc2)c1)c1ccccc1. The molecule has 4 nitrogen and oxygen atoms in total. The van der Waals surface area contributed by atoms with E-state index >= 15 is 0 Å². The van der Waals surface area contributed by atoms with Crippen LogP contribution in [0, 0.1) is 0 Å². The fourth-order valence-corrected chi connectivity index (χ4v) is 3.47. The number of rotatable bonds is 6. The summed E-state index contributed by atoms with van der Waals surface area (Å²) in [5, 5.41) is 0. The molecule has 0 aliphatic heterocycles. The quantitative estimate of drug-likeness (QED) is 0.691. The van der Waals surface area contributed by atoms with Crippen molar-refractivity contribution in [3.05, 3.63) is 90.5 Å². The summed E-state index contributed by atoms with van der Waals surface area (Å²) in [6, 6.07) is 24.8. The van der Waals surface area contributed by atoms with E-state index in [9.17, 15) is 13.2 Å². The lowest BCUT2D eigenvalue weighted by atomic mass is 10.1. The molecule has 0 radical (unpaired) electrons. The topological polar surface area (TPSA) is 63.2 Å². The number of nitrogens with one attached hydrogen (secondary N) is 1. The first-order valence-electron chi connectivity index (χ1n) is 7.80. The molecular weight excluding hydrogens is 334 g/mol. The Balaban J connectivity index is 1.78. The molecule has 0 aromatic heterocycles. The molecule has 0 fully saturated rings. The van der Waals surface area contributed by atoms with Crippen LogP contribution in [0.25, 0.3) is 11.1 Å². The van der Waals surface area contributed by atoms with Crippen LogP contribution in [-0.2, 0) is 10.0 Å². The summed E-state index contributed by atoms with van der Waals surface area (Å²) in [4.78, 5) is 12.2. The van der Waals surface area contributed by atoms with Gasteiger partial charge in [0.05, 0.1) is 11.4 Å². The number of hydrogen-bond acceptors (Lipinski definition) is 3. The fraction of sp³-hybridized carbons (Fsp3) is 0.0500. The molecule has 0 heterocycles. The van der Waals surface area contributed by atoms with Crippen LogP contribution in [0.15, 0.2) is 89.8 Å². The third kappa shape index (κ3) is 4.21. The van der Waals surface area contributed by atoms with Crippen LogP contribution in [0.1, 0.15) is 10.4 Å². The lowest BCUT2D eigenvalue weighted by Crippen LogP contribution is -2.29. The van der Waals surface area contributed by atoms with Crippen LogP contribution in [0.3, 0.4) is 0 Å². The first kappa shape index (κ1) is 17.1. The Labute approximate surface area is 147 Å². The first-order valence-corrected chi connectivity index (χ1v) is 9.28. The molecule has 0 aliphatic rings. The van der Waals surface area contributed by atoms with E-state index in [2.05, 4.69) is 4.72 Å². The third-order valence-electron chi connectivity index (χ3n) is 3.77. The number of ketones is 1. The van der Waals surface area contributed by atoms with Gasteiger partial charge in [-0.25, -0.2) is 13.1 Å². The van der Waals surface area contributed by atoms with Crippen LogP contribution in [-0.4, -0.2) is 20.7 Å². The maximum absolute atomic E-state index is 12.5. The minimum absolute atomic E-state index is 0.134. The molecule has 126 valence electrons. The molecular formula is C20H17NO3S. The molecule has 0 atom stereocenters. The Morgan fingerprint density at radius 2 is 1.36 bits per heavy atom. The van der Waals surface area contributed by atoms with Gasteiger partial charge in [0, 0.05) is 5.56 Å². The molecule has 0 amide bonds. The maximum atomic E-state index is 12.5. The van der Waals surface area contributed by atoms with Gasteiger partial charge in [-0.2, -0.15) is 0 Å². The third-order valence-corrected chi connectivity index (χ3v) is 5.17. The normalized spacial score (nSPS) is 11.2. The minimum Gasteiger partial charge on any atom is -0.293 e. The zero-order valence-electron chi connectivity index (χ0n) is 13.4. The van der Waals surface area contributed by atoms with Crippen LogP contribution in [0.2, 0.25) is 0 Å². The summed E-state index contributed by atoms with van der Waals surface area (Å²) in [5.74, 6) is -0.275. The number of Topliss-reactive ketones (excluding diaryl/α,β-unsaturated/α-hetero) is 1. The molecule has 3 rings (SSSR count). The first-order chi connectivity index (χ1) is 12.1. The van der Waals surface area contributed by atoms with E-state index in [1.807, 2.05) is 36.4 Å². The van der Waals surface area contributed by atoms with Crippen LogP contribution < -0.4 is 4.72 Å². The van der Waals surface area contributed by atoms with E-state index < -0.39 is 10.0 Å². The van der Waals surface area contributed by atoms with Crippen LogP contribution in [0.5, 0.6) is 0 Å². The van der Waals surface area contributed by atoms with E-state index in [1.54, 1.807) is 42.5 Å². The van der Waals surface area contributed by atoms with Crippen molar-refractivity contribution in [2.24, 2.45) is 0 Å². The van der Waals surface area contributed by atoms with Crippen LogP contribution >= 0.6 is 0 Å². The Hall–Kier alpha value is -2.76. The predicted octanol–water partition coefficient (Wildman–Crippen LogP) is 3.51. The van der Waals surface area contributed by atoms with E-state index in [1.165, 1.54) is 6.07 Å². The Kier molecular flexibility index (Phi) is 5.07. The van der Waals surface area contributed by atoms with Gasteiger partial charge in [-0.05, 0) is 23.3 Å². The van der Waals surface area contributed by atoms with Gasteiger partial charge >= 0.3 is 0 Å². The molecule has 0 aliphatic carbocycles. The van der Waals surface area contributed by atoms with Crippen molar-refractivity contribution in [2.45, 2.75) is 4.90 Å². The Bertz CT molecular complexity index is 968. The number of benzene rings is 3. The van der Waals surface area contributed by atoms with Gasteiger partial charge in [0.2, 0.25) is 10.0 Å². The highest BCUT2D eigenvalue weighted by Crippen LogP contribution is 2.22. The lowest BCUT2D eigenvalue weighted by Gasteiger charge is -2.08. The van der Waals surface area contributed by atoms with E-state index in [0.29, 0.717) is 5.56 Å². The van der Waals surface area contributed by atoms with Gasteiger partial charge in [0.15, 0.2) is 5.78 Å². The summed E-state index contributed by atoms with van der Waals surface area (Å²) in [5.41, 5.74) is 2.21. The summed E-state index contributed by atoms with van der Waals surface area (Å²) in [6.07, 6.45) is 0. The summed E-state index contributed by atoms with van der Waals surface area (Å²) < 4.78 is 27.4. The fourth-order valence-electron chi connectivity index (χ4n) is 2.44. The van der Waals surface area contributed by atoms with Gasteiger partial charge in [0.1, 0.15) is 0 Å². The van der Waals surface area contributed by atoms with Gasteiger partial charge in [0.25, 0.3) is 0 Å². The van der Waals surface area contributed by atoms with Crippen molar-refractivity contribution in [1.29, 1.82) is 0 Å². The Morgan fingerprint density at radius 3 is 2.04 bits per heavy atom. The zero-order valence-corrected chi connectivity index (χ0v) is 14.2. The Morgan fingerprint density at radius 1 is 0.760 bits per heavy atom. The molecule has 0 unspecified atom stereocenters. The number of sulfonamides is 1. The average Bonchev–Trinajstić information content (AvgIpc) is 2.68. The predicted molar refractivity (Wildman–Crippen MR) is 97.8 cm³/mol. The van der Waals surface area contributed by atoms with E-state index in [0.717, 1.165) is 11.1 Å². The molecule has 1 N–H and O–H groups in total. The molecule has 0 bridgehead atoms. The minimum atomic E-state index is -3.76.